The third-order valence-electron chi connectivity index (χ3n) is 2.48. The van der Waals surface area contributed by atoms with E-state index in [1.807, 2.05) is 0 Å². The van der Waals surface area contributed by atoms with E-state index in [0.717, 1.165) is 11.8 Å². The summed E-state index contributed by atoms with van der Waals surface area (Å²) in [6.07, 6.45) is 0.775. The number of benzene rings is 1. The molecule has 0 aliphatic carbocycles. The second-order valence-electron chi connectivity index (χ2n) is 3.25. The average molecular weight is 190 g/mol. The molecule has 4 heteroatoms. The van der Waals surface area contributed by atoms with Crippen molar-refractivity contribution < 1.29 is 4.79 Å². The summed E-state index contributed by atoms with van der Waals surface area (Å²) in [5, 5.41) is 0.639. The molecule has 2 aromatic rings. The zero-order valence-corrected chi connectivity index (χ0v) is 8.02. The van der Waals surface area contributed by atoms with Crippen molar-refractivity contribution in [3.63, 3.8) is 0 Å². The quantitative estimate of drug-likeness (QED) is 0.621. The SMILES string of the molecule is Cn1c(=O)c2ccc(C=O)cc2n1C. The molecular weight excluding hydrogens is 180 g/mol. The summed E-state index contributed by atoms with van der Waals surface area (Å²) in [7, 11) is 3.49. The molecule has 0 radical (unpaired) electrons. The molecule has 0 saturated heterocycles. The van der Waals surface area contributed by atoms with Gasteiger partial charge in [0.25, 0.3) is 5.56 Å². The van der Waals surface area contributed by atoms with Gasteiger partial charge in [0.1, 0.15) is 6.29 Å². The van der Waals surface area contributed by atoms with E-state index >= 15 is 0 Å². The predicted molar refractivity (Wildman–Crippen MR) is 53.5 cm³/mol. The average Bonchev–Trinajstić information content (AvgIpc) is 2.44. The van der Waals surface area contributed by atoms with Crippen LogP contribution in [0, 0.1) is 0 Å². The van der Waals surface area contributed by atoms with Crippen molar-refractivity contribution in [1.29, 1.82) is 0 Å². The minimum atomic E-state index is -0.0417. The van der Waals surface area contributed by atoms with Crippen molar-refractivity contribution >= 4 is 17.2 Å². The van der Waals surface area contributed by atoms with Crippen LogP contribution in [0.2, 0.25) is 0 Å². The van der Waals surface area contributed by atoms with E-state index in [2.05, 4.69) is 0 Å². The summed E-state index contributed by atoms with van der Waals surface area (Å²) < 4.78 is 3.24. The molecule has 0 spiro atoms. The molecule has 2 rings (SSSR count). The topological polar surface area (TPSA) is 44.0 Å². The summed E-state index contributed by atoms with van der Waals surface area (Å²) in [4.78, 5) is 22.2. The number of carbonyl (C=O) groups is 1. The number of carbonyl (C=O) groups excluding carboxylic acids is 1. The lowest BCUT2D eigenvalue weighted by Gasteiger charge is -1.99. The number of rotatable bonds is 1. The molecule has 0 saturated carbocycles. The zero-order chi connectivity index (χ0) is 10.3. The third kappa shape index (κ3) is 1.00. The lowest BCUT2D eigenvalue weighted by Crippen LogP contribution is -2.16. The Bertz CT molecular complexity index is 563. The van der Waals surface area contributed by atoms with E-state index in [4.69, 9.17) is 0 Å². The predicted octanol–water partition coefficient (Wildman–Crippen LogP) is 0.689. The molecule has 0 fully saturated rings. The van der Waals surface area contributed by atoms with Crippen molar-refractivity contribution in [2.75, 3.05) is 0 Å². The molecular formula is C10H10N2O2. The minimum absolute atomic E-state index is 0.0417. The van der Waals surface area contributed by atoms with Crippen LogP contribution in [-0.2, 0) is 14.1 Å². The Labute approximate surface area is 80.3 Å². The maximum atomic E-state index is 11.6. The molecule has 72 valence electrons. The molecule has 1 aromatic heterocycles. The first-order valence-electron chi connectivity index (χ1n) is 4.26. The van der Waals surface area contributed by atoms with Gasteiger partial charge >= 0.3 is 0 Å². The third-order valence-corrected chi connectivity index (χ3v) is 2.48. The fourth-order valence-electron chi connectivity index (χ4n) is 1.54. The van der Waals surface area contributed by atoms with E-state index in [1.165, 1.54) is 4.68 Å². The molecule has 0 aliphatic heterocycles. The monoisotopic (exact) mass is 190 g/mol. The highest BCUT2D eigenvalue weighted by Gasteiger charge is 2.07. The highest BCUT2D eigenvalue weighted by Crippen LogP contribution is 2.11. The fraction of sp³-hybridized carbons (Fsp3) is 0.200. The van der Waals surface area contributed by atoms with Crippen LogP contribution in [0.15, 0.2) is 23.0 Å². The number of hydrogen-bond acceptors (Lipinski definition) is 2. The first-order chi connectivity index (χ1) is 6.65. The van der Waals surface area contributed by atoms with E-state index in [0.29, 0.717) is 10.9 Å². The Hall–Kier alpha value is -1.84. The number of nitrogens with zero attached hydrogens (tertiary/aromatic N) is 2. The lowest BCUT2D eigenvalue weighted by molar-refractivity contribution is 0.112. The van der Waals surface area contributed by atoms with Crippen LogP contribution in [-0.4, -0.2) is 15.6 Å². The van der Waals surface area contributed by atoms with Crippen molar-refractivity contribution in [1.82, 2.24) is 9.36 Å². The van der Waals surface area contributed by atoms with Gasteiger partial charge in [-0.1, -0.05) is 6.07 Å². The fourth-order valence-corrected chi connectivity index (χ4v) is 1.54. The number of aryl methyl sites for hydroxylation is 1. The van der Waals surface area contributed by atoms with Crippen molar-refractivity contribution in [2.45, 2.75) is 0 Å². The number of hydrogen-bond donors (Lipinski definition) is 0. The summed E-state index contributed by atoms with van der Waals surface area (Å²) in [6.45, 7) is 0. The van der Waals surface area contributed by atoms with Crippen LogP contribution in [0.25, 0.3) is 10.9 Å². The molecule has 0 unspecified atom stereocenters. The normalized spacial score (nSPS) is 10.7. The number of aldehydes is 1. The van der Waals surface area contributed by atoms with Gasteiger partial charge in [-0.2, -0.15) is 0 Å². The Kier molecular flexibility index (Phi) is 1.77. The van der Waals surface area contributed by atoms with E-state index in [-0.39, 0.29) is 5.56 Å². The summed E-state index contributed by atoms with van der Waals surface area (Å²) in [5.41, 5.74) is 1.32. The second-order valence-corrected chi connectivity index (χ2v) is 3.25. The summed E-state index contributed by atoms with van der Waals surface area (Å²) in [5.74, 6) is 0. The van der Waals surface area contributed by atoms with Crippen molar-refractivity contribution in [3.8, 4) is 0 Å². The van der Waals surface area contributed by atoms with Crippen LogP contribution < -0.4 is 5.56 Å². The van der Waals surface area contributed by atoms with Crippen LogP contribution in [0.1, 0.15) is 10.4 Å². The Morgan fingerprint density at radius 2 is 1.93 bits per heavy atom. The van der Waals surface area contributed by atoms with Crippen LogP contribution in [0.4, 0.5) is 0 Å². The van der Waals surface area contributed by atoms with Crippen LogP contribution >= 0.6 is 0 Å². The van der Waals surface area contributed by atoms with Gasteiger partial charge in [-0.25, -0.2) is 0 Å². The molecule has 0 N–H and O–H groups in total. The van der Waals surface area contributed by atoms with Crippen molar-refractivity contribution in [2.24, 2.45) is 14.1 Å². The second kappa shape index (κ2) is 2.83. The lowest BCUT2D eigenvalue weighted by atomic mass is 10.2. The summed E-state index contributed by atoms with van der Waals surface area (Å²) in [6, 6.07) is 5.04. The highest BCUT2D eigenvalue weighted by atomic mass is 16.1. The van der Waals surface area contributed by atoms with Gasteiger partial charge in [0.05, 0.1) is 10.9 Å². The van der Waals surface area contributed by atoms with Gasteiger partial charge in [0, 0.05) is 19.7 Å². The summed E-state index contributed by atoms with van der Waals surface area (Å²) >= 11 is 0. The largest absolute Gasteiger partial charge is 0.298 e. The molecule has 1 heterocycles. The van der Waals surface area contributed by atoms with Gasteiger partial charge < -0.3 is 0 Å². The van der Waals surface area contributed by atoms with Gasteiger partial charge in [0.2, 0.25) is 0 Å². The van der Waals surface area contributed by atoms with Gasteiger partial charge in [-0.05, 0) is 12.1 Å². The smallest absolute Gasteiger partial charge is 0.274 e. The molecule has 0 atom stereocenters. The first kappa shape index (κ1) is 8.74. The van der Waals surface area contributed by atoms with Gasteiger partial charge in [-0.3, -0.25) is 19.0 Å². The Morgan fingerprint density at radius 3 is 2.57 bits per heavy atom. The molecule has 0 aliphatic rings. The maximum Gasteiger partial charge on any atom is 0.274 e. The van der Waals surface area contributed by atoms with E-state index < -0.39 is 0 Å². The number of fused-ring (bicyclic) bond motifs is 1. The number of aromatic nitrogens is 2. The Morgan fingerprint density at radius 1 is 1.21 bits per heavy atom. The van der Waals surface area contributed by atoms with Crippen molar-refractivity contribution in [3.05, 3.63) is 34.1 Å². The van der Waals surface area contributed by atoms with Crippen LogP contribution in [0.5, 0.6) is 0 Å². The zero-order valence-electron chi connectivity index (χ0n) is 8.02. The standard InChI is InChI=1S/C10H10N2O2/c1-11-9-5-7(6-13)3-4-8(9)10(14)12(11)2/h3-6H,1-2H3. The van der Waals surface area contributed by atoms with Gasteiger partial charge in [0.15, 0.2) is 0 Å². The maximum absolute atomic E-state index is 11.6. The molecule has 1 aromatic carbocycles. The van der Waals surface area contributed by atoms with Gasteiger partial charge in [-0.15, -0.1) is 0 Å². The molecule has 14 heavy (non-hydrogen) atoms. The first-order valence-corrected chi connectivity index (χ1v) is 4.26. The Balaban J connectivity index is 2.96. The van der Waals surface area contributed by atoms with Crippen LogP contribution in [0.3, 0.4) is 0 Å². The van der Waals surface area contributed by atoms with E-state index in [1.54, 1.807) is 37.0 Å². The molecule has 0 amide bonds. The highest BCUT2D eigenvalue weighted by molar-refractivity contribution is 5.86. The molecule has 0 bridgehead atoms. The van der Waals surface area contributed by atoms with E-state index in [9.17, 15) is 9.59 Å². The minimum Gasteiger partial charge on any atom is -0.298 e. The molecule has 4 nitrogen and oxygen atoms in total.